The second-order valence-corrected chi connectivity index (χ2v) is 13.4. The van der Waals surface area contributed by atoms with Gasteiger partial charge < -0.3 is 30.1 Å². The predicted octanol–water partition coefficient (Wildman–Crippen LogP) is 5.70. The van der Waals surface area contributed by atoms with Crippen LogP contribution in [0.1, 0.15) is 61.1 Å². The van der Waals surface area contributed by atoms with E-state index in [4.69, 9.17) is 9.47 Å². The summed E-state index contributed by atoms with van der Waals surface area (Å²) < 4.78 is 11.4. The molecule has 1 heterocycles. The molecule has 2 aliphatic rings. The lowest BCUT2D eigenvalue weighted by atomic mass is 9.98. The Labute approximate surface area is 305 Å². The molecule has 274 valence electrons. The van der Waals surface area contributed by atoms with E-state index in [0.717, 1.165) is 34.2 Å². The number of benzene rings is 3. The van der Waals surface area contributed by atoms with E-state index in [0.29, 0.717) is 32.2 Å². The summed E-state index contributed by atoms with van der Waals surface area (Å²) >= 11 is 0. The molecule has 0 spiro atoms. The standard InChI is InChI=1S/C42H49N3O7/c1-3-5-22-38(44-42(50)52-28-37-35-20-11-9-18-33(35)34-19-10-12-21-36(34)37)41(49)51-27-32-17-13-23-45(32)40(48)30(14-4-2)25-39(47)43-31(26-46)24-29-15-7-6-8-16-29/h3-4,6-12,15-16,18-21,30-32,37-38,46H,1-2,5,13-14,17,22-28H2,(H,43,47)(H,44,50)/t30-,31+,32-,38-/m0/s1. The van der Waals surface area contributed by atoms with E-state index in [2.05, 4.69) is 35.9 Å². The molecule has 1 aliphatic heterocycles. The van der Waals surface area contributed by atoms with Crippen molar-refractivity contribution < 1.29 is 33.8 Å². The molecule has 5 rings (SSSR count). The number of allylic oxidation sites excluding steroid dienone is 2. The maximum absolute atomic E-state index is 13.8. The number of esters is 1. The van der Waals surface area contributed by atoms with Crippen LogP contribution in [0.4, 0.5) is 4.79 Å². The molecule has 52 heavy (non-hydrogen) atoms. The minimum Gasteiger partial charge on any atom is -0.462 e. The first-order valence-electron chi connectivity index (χ1n) is 18.1. The maximum Gasteiger partial charge on any atom is 0.407 e. The second kappa shape index (κ2) is 18.9. The van der Waals surface area contributed by atoms with Gasteiger partial charge in [-0.3, -0.25) is 9.59 Å². The molecule has 3 N–H and O–H groups in total. The van der Waals surface area contributed by atoms with Crippen molar-refractivity contribution in [2.24, 2.45) is 5.92 Å². The molecular weight excluding hydrogens is 658 g/mol. The van der Waals surface area contributed by atoms with Gasteiger partial charge in [-0.15, -0.1) is 13.2 Å². The molecule has 0 aromatic heterocycles. The maximum atomic E-state index is 13.8. The second-order valence-electron chi connectivity index (χ2n) is 13.4. The largest absolute Gasteiger partial charge is 0.462 e. The highest BCUT2D eigenvalue weighted by molar-refractivity contribution is 5.87. The molecule has 0 bridgehead atoms. The van der Waals surface area contributed by atoms with E-state index in [1.54, 1.807) is 17.1 Å². The van der Waals surface area contributed by atoms with Gasteiger partial charge in [0.1, 0.15) is 19.3 Å². The Bertz CT molecular complexity index is 1660. The smallest absolute Gasteiger partial charge is 0.407 e. The molecule has 4 atom stereocenters. The molecule has 0 unspecified atom stereocenters. The van der Waals surface area contributed by atoms with E-state index in [-0.39, 0.29) is 56.4 Å². The zero-order valence-corrected chi connectivity index (χ0v) is 29.6. The summed E-state index contributed by atoms with van der Waals surface area (Å²) in [7, 11) is 0. The molecule has 3 amide bonds. The molecule has 0 saturated carbocycles. The Hall–Kier alpha value is -5.22. The fourth-order valence-corrected chi connectivity index (χ4v) is 7.17. The van der Waals surface area contributed by atoms with Crippen molar-refractivity contribution in [1.82, 2.24) is 15.5 Å². The average Bonchev–Trinajstić information content (AvgIpc) is 3.77. The van der Waals surface area contributed by atoms with E-state index < -0.39 is 30.1 Å². The fraction of sp³-hybridized carbons (Fsp3) is 0.381. The lowest BCUT2D eigenvalue weighted by Crippen LogP contribution is -2.46. The monoisotopic (exact) mass is 707 g/mol. The lowest BCUT2D eigenvalue weighted by Gasteiger charge is -2.29. The Balaban J connectivity index is 1.14. The number of fused-ring (bicyclic) bond motifs is 3. The molecule has 1 fully saturated rings. The number of likely N-dealkylation sites (tertiary alicyclic amines) is 1. The summed E-state index contributed by atoms with van der Waals surface area (Å²) in [6.07, 6.45) is 5.36. The van der Waals surface area contributed by atoms with Crippen LogP contribution in [-0.2, 0) is 30.3 Å². The summed E-state index contributed by atoms with van der Waals surface area (Å²) in [4.78, 5) is 54.8. The van der Waals surface area contributed by atoms with Crippen LogP contribution in [0.5, 0.6) is 0 Å². The third kappa shape index (κ3) is 9.76. The van der Waals surface area contributed by atoms with E-state index in [1.807, 2.05) is 66.7 Å². The van der Waals surface area contributed by atoms with Crippen LogP contribution in [0.25, 0.3) is 11.1 Å². The number of rotatable bonds is 18. The Morgan fingerprint density at radius 3 is 2.19 bits per heavy atom. The highest BCUT2D eigenvalue weighted by atomic mass is 16.6. The van der Waals surface area contributed by atoms with Gasteiger partial charge in [-0.05, 0) is 66.3 Å². The predicted molar refractivity (Wildman–Crippen MR) is 199 cm³/mol. The van der Waals surface area contributed by atoms with Crippen molar-refractivity contribution in [3.8, 4) is 11.1 Å². The zero-order chi connectivity index (χ0) is 36.9. The number of hydrogen-bond acceptors (Lipinski definition) is 7. The highest BCUT2D eigenvalue weighted by Gasteiger charge is 2.36. The molecule has 1 saturated heterocycles. The third-order valence-electron chi connectivity index (χ3n) is 9.80. The normalized spacial score (nSPS) is 16.5. The van der Waals surface area contributed by atoms with Crippen molar-refractivity contribution in [2.45, 2.75) is 69.0 Å². The number of hydrogen-bond donors (Lipinski definition) is 3. The van der Waals surface area contributed by atoms with Gasteiger partial charge in [0.2, 0.25) is 11.8 Å². The van der Waals surface area contributed by atoms with Gasteiger partial charge in [0.05, 0.1) is 24.6 Å². The number of alkyl carbamates (subject to hydrolysis) is 1. The minimum atomic E-state index is -0.966. The number of carbonyl (C=O) groups is 4. The van der Waals surface area contributed by atoms with Crippen LogP contribution in [0, 0.1) is 5.92 Å². The molecule has 1 aliphatic carbocycles. The topological polar surface area (TPSA) is 134 Å². The van der Waals surface area contributed by atoms with Gasteiger partial charge in [-0.25, -0.2) is 9.59 Å². The molecular formula is C42H49N3O7. The summed E-state index contributed by atoms with van der Waals surface area (Å²) in [5.74, 6) is -1.94. The quantitative estimate of drug-likeness (QED) is 0.114. The molecule has 10 nitrogen and oxygen atoms in total. The first-order chi connectivity index (χ1) is 25.3. The van der Waals surface area contributed by atoms with E-state index in [1.165, 1.54) is 0 Å². The number of aliphatic hydroxyl groups excluding tert-OH is 1. The van der Waals surface area contributed by atoms with Crippen LogP contribution >= 0.6 is 0 Å². The third-order valence-corrected chi connectivity index (χ3v) is 9.80. The van der Waals surface area contributed by atoms with Gasteiger partial charge in [-0.2, -0.15) is 0 Å². The van der Waals surface area contributed by atoms with E-state index in [9.17, 15) is 24.3 Å². The Morgan fingerprint density at radius 1 is 0.865 bits per heavy atom. The van der Waals surface area contributed by atoms with Crippen molar-refractivity contribution in [2.75, 3.05) is 26.4 Å². The van der Waals surface area contributed by atoms with Crippen molar-refractivity contribution in [1.29, 1.82) is 0 Å². The van der Waals surface area contributed by atoms with Crippen molar-refractivity contribution in [3.63, 3.8) is 0 Å². The van der Waals surface area contributed by atoms with Gasteiger partial charge >= 0.3 is 12.1 Å². The van der Waals surface area contributed by atoms with Crippen LogP contribution in [-0.4, -0.2) is 78.4 Å². The van der Waals surface area contributed by atoms with Crippen LogP contribution in [0.2, 0.25) is 0 Å². The lowest BCUT2D eigenvalue weighted by molar-refractivity contribution is -0.150. The van der Waals surface area contributed by atoms with Gasteiger partial charge in [0.15, 0.2) is 0 Å². The average molecular weight is 708 g/mol. The zero-order valence-electron chi connectivity index (χ0n) is 29.6. The van der Waals surface area contributed by atoms with Crippen LogP contribution < -0.4 is 10.6 Å². The molecule has 3 aromatic carbocycles. The summed E-state index contributed by atoms with van der Waals surface area (Å²) in [6.45, 7) is 7.84. The number of carbonyl (C=O) groups excluding carboxylic acids is 4. The SMILES string of the molecule is C=CCC[C@H](NC(=O)OCC1c2ccccc2-c2ccccc21)C(=O)OC[C@@H]1CCCN1C(=O)[C@@H](CC=C)CC(=O)N[C@@H](CO)Cc1ccccc1. The van der Waals surface area contributed by atoms with Gasteiger partial charge in [-0.1, -0.05) is 91.0 Å². The number of ether oxygens (including phenoxy) is 2. The molecule has 0 radical (unpaired) electrons. The van der Waals surface area contributed by atoms with Crippen molar-refractivity contribution >= 4 is 23.9 Å². The Morgan fingerprint density at radius 2 is 1.54 bits per heavy atom. The van der Waals surface area contributed by atoms with Crippen LogP contribution in [0.3, 0.4) is 0 Å². The molecule has 3 aromatic rings. The summed E-state index contributed by atoms with van der Waals surface area (Å²) in [6, 6.07) is 23.9. The first kappa shape index (κ1) is 38.0. The van der Waals surface area contributed by atoms with E-state index >= 15 is 0 Å². The number of nitrogens with zero attached hydrogens (tertiary/aromatic N) is 1. The fourth-order valence-electron chi connectivity index (χ4n) is 7.17. The Kier molecular flexibility index (Phi) is 13.8. The minimum absolute atomic E-state index is 0.0435. The summed E-state index contributed by atoms with van der Waals surface area (Å²) in [5, 5.41) is 15.4. The van der Waals surface area contributed by atoms with Gasteiger partial charge in [0.25, 0.3) is 0 Å². The van der Waals surface area contributed by atoms with Crippen LogP contribution in [0.15, 0.2) is 104 Å². The molecule has 10 heteroatoms. The highest BCUT2D eigenvalue weighted by Crippen LogP contribution is 2.44. The van der Waals surface area contributed by atoms with Gasteiger partial charge in [0, 0.05) is 18.9 Å². The number of nitrogens with one attached hydrogen (secondary N) is 2. The number of aliphatic hydroxyl groups is 1. The summed E-state index contributed by atoms with van der Waals surface area (Å²) in [5.41, 5.74) is 5.39. The van der Waals surface area contributed by atoms with Crippen molar-refractivity contribution in [3.05, 3.63) is 121 Å². The number of amides is 3. The first-order valence-corrected chi connectivity index (χ1v) is 18.1.